The van der Waals surface area contributed by atoms with Gasteiger partial charge in [0.15, 0.2) is 0 Å². The third kappa shape index (κ3) is 2.63. The molecule has 0 atom stereocenters. The third-order valence-electron chi connectivity index (χ3n) is 2.07. The summed E-state index contributed by atoms with van der Waals surface area (Å²) >= 11 is 0. The van der Waals surface area contributed by atoms with Crippen LogP contribution >= 0.6 is 0 Å². The summed E-state index contributed by atoms with van der Waals surface area (Å²) in [5.41, 5.74) is 1.40. The van der Waals surface area contributed by atoms with Crippen LogP contribution in [-0.4, -0.2) is 15.9 Å². The van der Waals surface area contributed by atoms with E-state index in [1.807, 2.05) is 6.07 Å². The predicted molar refractivity (Wildman–Crippen MR) is 61.1 cm³/mol. The lowest BCUT2D eigenvalue weighted by Gasteiger charge is -2.03. The Morgan fingerprint density at radius 2 is 2.00 bits per heavy atom. The topological polar surface area (TPSA) is 78.7 Å². The van der Waals surface area contributed by atoms with Gasteiger partial charge in [-0.05, 0) is 24.3 Å². The van der Waals surface area contributed by atoms with Gasteiger partial charge in [0.05, 0.1) is 17.8 Å². The number of nitrogens with one attached hydrogen (secondary N) is 1. The molecule has 0 fully saturated rings. The molecule has 1 N–H and O–H groups in total. The van der Waals surface area contributed by atoms with Crippen molar-refractivity contribution in [1.82, 2.24) is 9.97 Å². The number of aromatic nitrogens is 2. The molecule has 2 aromatic rings. The molecule has 0 unspecified atom stereocenters. The van der Waals surface area contributed by atoms with Crippen molar-refractivity contribution in [2.75, 3.05) is 5.32 Å². The van der Waals surface area contributed by atoms with E-state index in [1.54, 1.807) is 24.3 Å². The Kier molecular flexibility index (Phi) is 3.08. The molecule has 1 aromatic heterocycles. The van der Waals surface area contributed by atoms with Crippen molar-refractivity contribution in [3.63, 3.8) is 0 Å². The Balaban J connectivity index is 2.11. The summed E-state index contributed by atoms with van der Waals surface area (Å²) in [6, 6.07) is 8.59. The standard InChI is InChI=1S/C12H8N4O/c13-7-9-1-3-10(4-2-9)16-12(17)11-8-14-5-6-15-11/h1-6,8H,(H,16,17). The molecule has 1 heterocycles. The van der Waals surface area contributed by atoms with Crippen LogP contribution in [0.4, 0.5) is 5.69 Å². The van der Waals surface area contributed by atoms with Crippen molar-refractivity contribution in [2.24, 2.45) is 0 Å². The molecule has 0 saturated carbocycles. The molecule has 17 heavy (non-hydrogen) atoms. The Morgan fingerprint density at radius 1 is 1.24 bits per heavy atom. The first-order valence-corrected chi connectivity index (χ1v) is 4.87. The van der Waals surface area contributed by atoms with Gasteiger partial charge in [-0.15, -0.1) is 0 Å². The van der Waals surface area contributed by atoms with E-state index >= 15 is 0 Å². The number of amides is 1. The van der Waals surface area contributed by atoms with Crippen LogP contribution in [0.2, 0.25) is 0 Å². The Bertz CT molecular complexity index is 557. The summed E-state index contributed by atoms with van der Waals surface area (Å²) in [7, 11) is 0. The fourth-order valence-electron chi connectivity index (χ4n) is 1.24. The van der Waals surface area contributed by atoms with E-state index in [2.05, 4.69) is 15.3 Å². The van der Waals surface area contributed by atoms with Gasteiger partial charge in [0.2, 0.25) is 0 Å². The van der Waals surface area contributed by atoms with E-state index in [1.165, 1.54) is 18.6 Å². The molecule has 82 valence electrons. The Morgan fingerprint density at radius 3 is 2.59 bits per heavy atom. The number of nitrogens with zero attached hydrogens (tertiary/aromatic N) is 3. The molecule has 0 bridgehead atoms. The highest BCUT2D eigenvalue weighted by atomic mass is 16.1. The van der Waals surface area contributed by atoms with Crippen LogP contribution in [0.15, 0.2) is 42.9 Å². The van der Waals surface area contributed by atoms with Crippen molar-refractivity contribution < 1.29 is 4.79 Å². The number of anilines is 1. The SMILES string of the molecule is N#Cc1ccc(NC(=O)c2cnccn2)cc1. The second kappa shape index (κ2) is 4.86. The zero-order chi connectivity index (χ0) is 12.1. The highest BCUT2D eigenvalue weighted by Crippen LogP contribution is 2.09. The lowest BCUT2D eigenvalue weighted by molar-refractivity contribution is 0.102. The lowest BCUT2D eigenvalue weighted by Crippen LogP contribution is -2.13. The monoisotopic (exact) mass is 224 g/mol. The van der Waals surface area contributed by atoms with E-state index in [0.717, 1.165) is 0 Å². The number of hydrogen-bond acceptors (Lipinski definition) is 4. The van der Waals surface area contributed by atoms with Crippen LogP contribution in [0, 0.1) is 11.3 Å². The van der Waals surface area contributed by atoms with Crippen molar-refractivity contribution in [2.45, 2.75) is 0 Å². The van der Waals surface area contributed by atoms with Gasteiger partial charge >= 0.3 is 0 Å². The summed E-state index contributed by atoms with van der Waals surface area (Å²) < 4.78 is 0. The van der Waals surface area contributed by atoms with Crippen LogP contribution in [0.25, 0.3) is 0 Å². The number of nitriles is 1. The van der Waals surface area contributed by atoms with Gasteiger partial charge in [-0.1, -0.05) is 0 Å². The maximum Gasteiger partial charge on any atom is 0.275 e. The van der Waals surface area contributed by atoms with E-state index in [4.69, 9.17) is 5.26 Å². The smallest absolute Gasteiger partial charge is 0.275 e. The van der Waals surface area contributed by atoms with Gasteiger partial charge in [-0.25, -0.2) is 4.98 Å². The van der Waals surface area contributed by atoms with Crippen molar-refractivity contribution in [3.8, 4) is 6.07 Å². The van der Waals surface area contributed by atoms with Crippen LogP contribution < -0.4 is 5.32 Å². The zero-order valence-corrected chi connectivity index (χ0v) is 8.79. The summed E-state index contributed by atoms with van der Waals surface area (Å²) in [6.45, 7) is 0. The molecule has 0 saturated heterocycles. The molecular formula is C12H8N4O. The van der Waals surface area contributed by atoms with Gasteiger partial charge in [-0.3, -0.25) is 9.78 Å². The van der Waals surface area contributed by atoms with Crippen LogP contribution in [-0.2, 0) is 0 Å². The van der Waals surface area contributed by atoms with Gasteiger partial charge < -0.3 is 5.32 Å². The van der Waals surface area contributed by atoms with Crippen LogP contribution in [0.5, 0.6) is 0 Å². The minimum Gasteiger partial charge on any atom is -0.321 e. The molecule has 0 aliphatic carbocycles. The second-order valence-corrected chi connectivity index (χ2v) is 3.23. The Hall–Kier alpha value is -2.74. The molecular weight excluding hydrogens is 216 g/mol. The number of carbonyl (C=O) groups excluding carboxylic acids is 1. The quantitative estimate of drug-likeness (QED) is 0.840. The molecule has 5 heteroatoms. The zero-order valence-electron chi connectivity index (χ0n) is 8.79. The van der Waals surface area contributed by atoms with Gasteiger partial charge in [-0.2, -0.15) is 5.26 Å². The molecule has 0 aliphatic heterocycles. The molecule has 2 rings (SSSR count). The van der Waals surface area contributed by atoms with Crippen LogP contribution in [0.3, 0.4) is 0 Å². The normalized spacial score (nSPS) is 9.35. The summed E-state index contributed by atoms with van der Waals surface area (Å²) in [5, 5.41) is 11.3. The maximum absolute atomic E-state index is 11.7. The van der Waals surface area contributed by atoms with E-state index in [9.17, 15) is 4.79 Å². The largest absolute Gasteiger partial charge is 0.321 e. The summed E-state index contributed by atoms with van der Waals surface area (Å²) in [6.07, 6.45) is 4.34. The highest BCUT2D eigenvalue weighted by Gasteiger charge is 2.06. The molecule has 1 amide bonds. The first kappa shape index (κ1) is 10.8. The maximum atomic E-state index is 11.7. The van der Waals surface area contributed by atoms with Crippen LogP contribution in [0.1, 0.15) is 16.1 Å². The molecule has 5 nitrogen and oxygen atoms in total. The Labute approximate surface area is 97.8 Å². The number of benzene rings is 1. The predicted octanol–water partition coefficient (Wildman–Crippen LogP) is 1.60. The van der Waals surface area contributed by atoms with Crippen molar-refractivity contribution >= 4 is 11.6 Å². The average Bonchev–Trinajstić information content (AvgIpc) is 2.40. The fourth-order valence-corrected chi connectivity index (χ4v) is 1.24. The van der Waals surface area contributed by atoms with Gasteiger partial charge in [0.25, 0.3) is 5.91 Å². The van der Waals surface area contributed by atoms with Crippen molar-refractivity contribution in [3.05, 3.63) is 54.1 Å². The van der Waals surface area contributed by atoms with Crippen molar-refractivity contribution in [1.29, 1.82) is 5.26 Å². The van der Waals surface area contributed by atoms with Gasteiger partial charge in [0.1, 0.15) is 5.69 Å². The molecule has 0 spiro atoms. The average molecular weight is 224 g/mol. The minimum absolute atomic E-state index is 0.247. The first-order chi connectivity index (χ1) is 8.29. The number of rotatable bonds is 2. The fraction of sp³-hybridized carbons (Fsp3) is 0. The summed E-state index contributed by atoms with van der Waals surface area (Å²) in [4.78, 5) is 19.4. The minimum atomic E-state index is -0.331. The van der Waals surface area contributed by atoms with Gasteiger partial charge in [0, 0.05) is 18.1 Å². The third-order valence-corrected chi connectivity index (χ3v) is 2.07. The molecule has 0 aliphatic rings. The molecule has 0 radical (unpaired) electrons. The van der Waals surface area contributed by atoms with E-state index in [0.29, 0.717) is 11.3 Å². The number of hydrogen-bond donors (Lipinski definition) is 1. The number of carbonyl (C=O) groups is 1. The van der Waals surface area contributed by atoms with E-state index in [-0.39, 0.29) is 11.6 Å². The highest BCUT2D eigenvalue weighted by molar-refractivity contribution is 6.02. The lowest BCUT2D eigenvalue weighted by atomic mass is 10.2. The summed E-state index contributed by atoms with van der Waals surface area (Å²) in [5.74, 6) is -0.331. The van der Waals surface area contributed by atoms with E-state index < -0.39 is 0 Å². The molecule has 1 aromatic carbocycles. The second-order valence-electron chi connectivity index (χ2n) is 3.23. The first-order valence-electron chi connectivity index (χ1n) is 4.87.